The second-order valence-electron chi connectivity index (χ2n) is 7.33. The molecular formula is C21H27FN2O2. The van der Waals surface area contributed by atoms with Crippen LogP contribution in [0.25, 0.3) is 6.08 Å². The van der Waals surface area contributed by atoms with Gasteiger partial charge in [-0.15, -0.1) is 0 Å². The van der Waals surface area contributed by atoms with Crippen molar-refractivity contribution in [2.75, 3.05) is 13.1 Å². The molecule has 2 fully saturated rings. The number of hydrogen-bond donors (Lipinski definition) is 1. The molecule has 1 aromatic carbocycles. The van der Waals surface area contributed by atoms with Crippen molar-refractivity contribution in [3.63, 3.8) is 0 Å². The Morgan fingerprint density at radius 3 is 2.50 bits per heavy atom. The Kier molecular flexibility index (Phi) is 6.42. The first-order valence-corrected chi connectivity index (χ1v) is 9.65. The van der Waals surface area contributed by atoms with E-state index in [-0.39, 0.29) is 29.6 Å². The number of nitrogens with zero attached hydrogens (tertiary/aromatic N) is 1. The van der Waals surface area contributed by atoms with Gasteiger partial charge in [-0.1, -0.05) is 31.4 Å². The van der Waals surface area contributed by atoms with E-state index in [1.54, 1.807) is 23.1 Å². The summed E-state index contributed by atoms with van der Waals surface area (Å²) in [4.78, 5) is 26.4. The number of likely N-dealkylation sites (tertiary alicyclic amines) is 1. The molecule has 0 spiro atoms. The van der Waals surface area contributed by atoms with Gasteiger partial charge in [-0.25, -0.2) is 4.39 Å². The standard InChI is InChI=1S/C21H27FN2O2/c22-18-8-4-5-16(15-18)9-10-20(25)24-13-11-19(12-14-24)23-21(26)17-6-2-1-3-7-17/h4-5,8-10,15,17,19H,1-3,6-7,11-14H2,(H,23,26)/b10-9+. The van der Waals surface area contributed by atoms with Crippen LogP contribution in [0, 0.1) is 11.7 Å². The zero-order valence-electron chi connectivity index (χ0n) is 15.1. The van der Waals surface area contributed by atoms with Gasteiger partial charge in [0.05, 0.1) is 0 Å². The molecule has 1 heterocycles. The van der Waals surface area contributed by atoms with Crippen LogP contribution < -0.4 is 5.32 Å². The van der Waals surface area contributed by atoms with E-state index in [1.807, 2.05) is 0 Å². The number of rotatable bonds is 4. The minimum Gasteiger partial charge on any atom is -0.353 e. The maximum absolute atomic E-state index is 13.2. The minimum atomic E-state index is -0.311. The van der Waals surface area contributed by atoms with Gasteiger partial charge in [0, 0.05) is 31.1 Å². The lowest BCUT2D eigenvalue weighted by atomic mass is 9.88. The number of hydrogen-bond acceptors (Lipinski definition) is 2. The highest BCUT2D eigenvalue weighted by Gasteiger charge is 2.26. The summed E-state index contributed by atoms with van der Waals surface area (Å²) >= 11 is 0. The van der Waals surface area contributed by atoms with Crippen molar-refractivity contribution in [2.45, 2.75) is 51.0 Å². The van der Waals surface area contributed by atoms with Gasteiger partial charge in [0.1, 0.15) is 5.82 Å². The van der Waals surface area contributed by atoms with E-state index in [0.29, 0.717) is 18.7 Å². The highest BCUT2D eigenvalue weighted by molar-refractivity contribution is 5.91. The number of carbonyl (C=O) groups is 2. The van der Waals surface area contributed by atoms with E-state index < -0.39 is 0 Å². The van der Waals surface area contributed by atoms with Crippen LogP contribution in [-0.4, -0.2) is 35.8 Å². The van der Waals surface area contributed by atoms with Gasteiger partial charge in [-0.3, -0.25) is 9.59 Å². The number of halogens is 1. The first-order chi connectivity index (χ1) is 12.6. The van der Waals surface area contributed by atoms with Crippen molar-refractivity contribution >= 4 is 17.9 Å². The Morgan fingerprint density at radius 1 is 1.08 bits per heavy atom. The normalized spacial score (nSPS) is 19.7. The Morgan fingerprint density at radius 2 is 1.81 bits per heavy atom. The predicted molar refractivity (Wildman–Crippen MR) is 99.8 cm³/mol. The highest BCUT2D eigenvalue weighted by Crippen LogP contribution is 2.24. The van der Waals surface area contributed by atoms with Crippen molar-refractivity contribution in [2.24, 2.45) is 5.92 Å². The molecule has 140 valence electrons. The smallest absolute Gasteiger partial charge is 0.246 e. The Bertz CT molecular complexity index is 660. The molecule has 0 atom stereocenters. The van der Waals surface area contributed by atoms with E-state index in [0.717, 1.165) is 38.5 Å². The third kappa shape index (κ3) is 5.16. The molecule has 4 nitrogen and oxygen atoms in total. The number of carbonyl (C=O) groups excluding carboxylic acids is 2. The molecule has 0 bridgehead atoms. The number of piperidine rings is 1. The van der Waals surface area contributed by atoms with Gasteiger partial charge < -0.3 is 10.2 Å². The maximum Gasteiger partial charge on any atom is 0.246 e. The zero-order chi connectivity index (χ0) is 18.4. The fraction of sp³-hybridized carbons (Fsp3) is 0.524. The predicted octanol–water partition coefficient (Wildman–Crippen LogP) is 3.53. The third-order valence-electron chi connectivity index (χ3n) is 5.40. The molecule has 1 aromatic rings. The van der Waals surface area contributed by atoms with Crippen molar-refractivity contribution in [1.82, 2.24) is 10.2 Å². The molecule has 5 heteroatoms. The largest absolute Gasteiger partial charge is 0.353 e. The molecule has 0 radical (unpaired) electrons. The molecule has 3 rings (SSSR count). The molecule has 1 aliphatic carbocycles. The summed E-state index contributed by atoms with van der Waals surface area (Å²) in [6.45, 7) is 1.28. The van der Waals surface area contributed by atoms with E-state index >= 15 is 0 Å². The molecule has 1 saturated carbocycles. The lowest BCUT2D eigenvalue weighted by Gasteiger charge is -2.33. The van der Waals surface area contributed by atoms with Crippen LogP contribution in [0.15, 0.2) is 30.3 Å². The Hall–Kier alpha value is -2.17. The maximum atomic E-state index is 13.2. The monoisotopic (exact) mass is 358 g/mol. The topological polar surface area (TPSA) is 49.4 Å². The average Bonchev–Trinajstić information content (AvgIpc) is 2.67. The lowest BCUT2D eigenvalue weighted by Crippen LogP contribution is -2.47. The van der Waals surface area contributed by atoms with Gasteiger partial charge in [-0.2, -0.15) is 0 Å². The van der Waals surface area contributed by atoms with Crippen molar-refractivity contribution in [1.29, 1.82) is 0 Å². The van der Waals surface area contributed by atoms with Crippen LogP contribution in [-0.2, 0) is 9.59 Å². The van der Waals surface area contributed by atoms with Crippen LogP contribution in [0.1, 0.15) is 50.5 Å². The summed E-state index contributed by atoms with van der Waals surface area (Å²) in [6, 6.07) is 6.34. The van der Waals surface area contributed by atoms with Crippen molar-refractivity contribution < 1.29 is 14.0 Å². The summed E-state index contributed by atoms with van der Waals surface area (Å²) in [5.74, 6) is -0.00136. The molecule has 2 amide bonds. The first kappa shape index (κ1) is 18.6. The Balaban J connectivity index is 1.44. The number of nitrogens with one attached hydrogen (secondary N) is 1. The van der Waals surface area contributed by atoms with Crippen LogP contribution in [0.2, 0.25) is 0 Å². The summed E-state index contributed by atoms with van der Waals surface area (Å²) in [6.07, 6.45) is 10.3. The molecular weight excluding hydrogens is 331 g/mol. The van der Waals surface area contributed by atoms with Crippen molar-refractivity contribution in [3.05, 3.63) is 41.7 Å². The quantitative estimate of drug-likeness (QED) is 0.837. The van der Waals surface area contributed by atoms with Crippen LogP contribution in [0.3, 0.4) is 0 Å². The first-order valence-electron chi connectivity index (χ1n) is 9.65. The molecule has 1 aliphatic heterocycles. The summed E-state index contributed by atoms with van der Waals surface area (Å²) in [5.41, 5.74) is 0.674. The highest BCUT2D eigenvalue weighted by atomic mass is 19.1. The molecule has 1 N–H and O–H groups in total. The summed E-state index contributed by atoms with van der Waals surface area (Å²) in [5, 5.41) is 3.18. The second kappa shape index (κ2) is 8.97. The van der Waals surface area contributed by atoms with Crippen LogP contribution in [0.4, 0.5) is 4.39 Å². The minimum absolute atomic E-state index is 0.0636. The van der Waals surface area contributed by atoms with E-state index in [1.165, 1.54) is 24.6 Å². The fourth-order valence-electron chi connectivity index (χ4n) is 3.81. The molecule has 0 aromatic heterocycles. The third-order valence-corrected chi connectivity index (χ3v) is 5.40. The summed E-state index contributed by atoms with van der Waals surface area (Å²) in [7, 11) is 0. The Labute approximate surface area is 154 Å². The van der Waals surface area contributed by atoms with Gasteiger partial charge >= 0.3 is 0 Å². The van der Waals surface area contributed by atoms with Gasteiger partial charge in [0.25, 0.3) is 0 Å². The second-order valence-corrected chi connectivity index (χ2v) is 7.33. The fourth-order valence-corrected chi connectivity index (χ4v) is 3.81. The molecule has 1 saturated heterocycles. The van der Waals surface area contributed by atoms with Gasteiger partial charge in [0.15, 0.2) is 0 Å². The lowest BCUT2D eigenvalue weighted by molar-refractivity contribution is -0.128. The average molecular weight is 358 g/mol. The zero-order valence-corrected chi connectivity index (χ0v) is 15.1. The van der Waals surface area contributed by atoms with E-state index in [9.17, 15) is 14.0 Å². The number of amides is 2. The van der Waals surface area contributed by atoms with E-state index in [2.05, 4.69) is 5.32 Å². The molecule has 26 heavy (non-hydrogen) atoms. The van der Waals surface area contributed by atoms with Crippen LogP contribution >= 0.6 is 0 Å². The van der Waals surface area contributed by atoms with Crippen molar-refractivity contribution in [3.8, 4) is 0 Å². The SMILES string of the molecule is O=C(NC1CCN(C(=O)/C=C/c2cccc(F)c2)CC1)C1CCCCC1. The summed E-state index contributed by atoms with van der Waals surface area (Å²) < 4.78 is 13.2. The number of benzene rings is 1. The van der Waals surface area contributed by atoms with Crippen LogP contribution in [0.5, 0.6) is 0 Å². The molecule has 2 aliphatic rings. The van der Waals surface area contributed by atoms with E-state index in [4.69, 9.17) is 0 Å². The molecule has 0 unspecified atom stereocenters. The van der Waals surface area contributed by atoms with Gasteiger partial charge in [-0.05, 0) is 49.5 Å². The van der Waals surface area contributed by atoms with Gasteiger partial charge in [0.2, 0.25) is 11.8 Å².